The highest BCUT2D eigenvalue weighted by Crippen LogP contribution is 2.47. The fraction of sp³-hybridized carbons (Fsp3) is 0.255. The van der Waals surface area contributed by atoms with Crippen LogP contribution in [-0.4, -0.2) is 52.6 Å². The summed E-state index contributed by atoms with van der Waals surface area (Å²) < 4.78 is 26.0. The van der Waals surface area contributed by atoms with Crippen molar-refractivity contribution in [2.45, 2.75) is 158 Å². The molecule has 0 saturated carbocycles. The lowest BCUT2D eigenvalue weighted by atomic mass is 9.95. The highest BCUT2D eigenvalue weighted by molar-refractivity contribution is 8.13. The fourth-order valence-corrected chi connectivity index (χ4v) is 15.2. The second-order valence-corrected chi connectivity index (χ2v) is 34.4. The van der Waals surface area contributed by atoms with Crippen molar-refractivity contribution in [2.75, 3.05) is 22.9 Å². The first-order valence-corrected chi connectivity index (χ1v) is 39.4. The largest absolute Gasteiger partial charge is 0.488 e. The van der Waals surface area contributed by atoms with Crippen LogP contribution in [0.2, 0.25) is 0 Å². The summed E-state index contributed by atoms with van der Waals surface area (Å²) in [5, 5.41) is 0.0150. The van der Waals surface area contributed by atoms with Crippen molar-refractivity contribution in [3.05, 3.63) is 215 Å². The van der Waals surface area contributed by atoms with E-state index < -0.39 is 22.4 Å². The molecule has 11 aromatic rings. The van der Waals surface area contributed by atoms with E-state index in [4.69, 9.17) is 51.9 Å². The maximum Gasteiger partial charge on any atom is 0.186 e. The Hall–Kier alpha value is -11.2. The molecule has 2 aliphatic heterocycles. The Labute approximate surface area is 654 Å². The summed E-state index contributed by atoms with van der Waals surface area (Å²) in [6.07, 6.45) is 9.72. The van der Waals surface area contributed by atoms with Gasteiger partial charge in [0.25, 0.3) is 0 Å². The average molecular weight is 1500 g/mol. The fourth-order valence-electron chi connectivity index (χ4n) is 14.0. The van der Waals surface area contributed by atoms with E-state index in [-0.39, 0.29) is 10.2 Å². The zero-order chi connectivity index (χ0) is 78.5. The summed E-state index contributed by atoms with van der Waals surface area (Å²) in [5.41, 5.74) is 52.4. The molecule has 14 nitrogen and oxygen atoms in total. The third-order valence-corrected chi connectivity index (χ3v) is 20.6. The monoisotopic (exact) mass is 1500 g/mol. The van der Waals surface area contributed by atoms with Crippen molar-refractivity contribution in [1.29, 1.82) is 0 Å². The maximum atomic E-state index is 12.6. The second-order valence-electron chi connectivity index (χ2n) is 32.1. The number of nitrogens with one attached hydrogen (secondary N) is 2. The number of hydrogen-bond acceptors (Lipinski definition) is 14. The van der Waals surface area contributed by atoms with E-state index in [0.717, 1.165) is 124 Å². The number of anilines is 4. The molecule has 0 spiro atoms. The van der Waals surface area contributed by atoms with E-state index in [1.54, 1.807) is 13.8 Å². The molecule has 0 aliphatic carbocycles. The molecule has 0 saturated heterocycles. The number of benzene rings is 8. The van der Waals surface area contributed by atoms with Crippen LogP contribution in [-0.2, 0) is 33.9 Å². The Bertz CT molecular complexity index is 5370. The Kier molecular flexibility index (Phi) is 21.5. The minimum Gasteiger partial charge on any atom is -0.488 e. The van der Waals surface area contributed by atoms with Crippen LogP contribution in [0.3, 0.4) is 0 Å². The molecule has 3 aromatic heterocycles. The molecule has 8 aromatic carbocycles. The van der Waals surface area contributed by atoms with Gasteiger partial charge >= 0.3 is 0 Å². The van der Waals surface area contributed by atoms with Gasteiger partial charge in [0.2, 0.25) is 0 Å². The Morgan fingerprint density at radius 2 is 0.545 bits per heavy atom. The molecule has 10 N–H and O–H groups in total. The summed E-state index contributed by atoms with van der Waals surface area (Å²) in [7, 11) is 0. The topological polar surface area (TPSA) is 232 Å². The zero-order valence-electron chi connectivity index (χ0n) is 65.8. The highest BCUT2D eigenvalue weighted by atomic mass is 32.2. The molecule has 110 heavy (non-hydrogen) atoms. The molecule has 5 heterocycles. The van der Waals surface area contributed by atoms with Crippen LogP contribution in [0, 0.1) is 0 Å². The number of thioether (sulfide) groups is 2. The molecule has 562 valence electrons. The van der Waals surface area contributed by atoms with Gasteiger partial charge in [-0.3, -0.25) is 9.59 Å². The van der Waals surface area contributed by atoms with Gasteiger partial charge in [-0.2, -0.15) is 0 Å². The van der Waals surface area contributed by atoms with Crippen molar-refractivity contribution in [3.63, 3.8) is 0 Å². The zero-order valence-corrected chi connectivity index (χ0v) is 67.4. The molecular formula is C94H98N8O6S2. The SMILES string of the molecule is CCc1cc(-c2ccc(N)c(-c3c4nc(c(-c5cc(-c6ccc(OC(C)(C)C)c(CSC(C)=O)c6)ccc5N)c5ccc([nH]5)c(-c5cc(-c6ccc(OC(C)(C)C)c(CSC(C)=O)c6)ccc5N)c5nc(c(-c6cc(-c7ccc(OC(C)(C)C)c(CC)c7)ccc6N)c6ccc3[nH]6)C=C5)C=C4)c2)ccc1OC(C)(C)C. The molecule has 8 bridgehead atoms. The molecule has 0 radical (unpaired) electrons. The van der Waals surface area contributed by atoms with Crippen LogP contribution in [0.15, 0.2) is 170 Å². The molecular weight excluding hydrogens is 1400 g/mol. The van der Waals surface area contributed by atoms with Gasteiger partial charge < -0.3 is 51.9 Å². The van der Waals surface area contributed by atoms with Crippen molar-refractivity contribution in [3.8, 4) is 112 Å². The number of aromatic nitrogens is 4. The maximum absolute atomic E-state index is 12.6. The van der Waals surface area contributed by atoms with Gasteiger partial charge in [-0.15, -0.1) is 0 Å². The van der Waals surface area contributed by atoms with Gasteiger partial charge in [0.1, 0.15) is 45.4 Å². The predicted molar refractivity (Wildman–Crippen MR) is 464 cm³/mol. The number of fused-ring (bicyclic) bond motifs is 8. The summed E-state index contributed by atoms with van der Waals surface area (Å²) in [6.45, 7) is 31.9. The van der Waals surface area contributed by atoms with Crippen LogP contribution in [0.4, 0.5) is 22.7 Å². The number of carbonyl (C=O) groups is 2. The predicted octanol–water partition coefficient (Wildman–Crippen LogP) is 23.7. The molecule has 0 fully saturated rings. The highest BCUT2D eigenvalue weighted by Gasteiger charge is 2.27. The summed E-state index contributed by atoms with van der Waals surface area (Å²) >= 11 is 2.48. The standard InChI is InChI=1S/C94H98N8O6S2/c1-17-55-43-57(23-39-83(55)105-91(5,6)7)61-19-27-71(95)67(47-61)87-75-31-32-76(99-75)88(68-48-62(20-28-72(68)96)58-24-40-84(56(18-2)44-58)106-92(8,9)10)78-34-36-80(101-78)90(70-50-64(22-30-74(70)98)60-26-42-86(108-94(14,15)16)66(46-60)52-110-54(4)104)82-38-37-81(102-82)89(79-35-33-77(87)100-79)69-49-63(21-29-73(69)97)59-25-41-85(107-93(11,12)13)65(45-59)51-109-53(3)103/h19-50,99,102H,17-18,51-52,95-98H2,1-16H3. The first kappa shape index (κ1) is 77.0. The van der Waals surface area contributed by atoms with Crippen molar-refractivity contribution < 1.29 is 28.5 Å². The minimum absolute atomic E-state index is 0.00748. The number of rotatable bonds is 18. The van der Waals surface area contributed by atoms with Crippen LogP contribution in [0.1, 0.15) is 156 Å². The third-order valence-electron chi connectivity index (χ3n) is 18.9. The third kappa shape index (κ3) is 17.3. The van der Waals surface area contributed by atoms with Crippen molar-refractivity contribution in [1.82, 2.24) is 19.9 Å². The van der Waals surface area contributed by atoms with Crippen LogP contribution < -0.4 is 41.9 Å². The van der Waals surface area contributed by atoms with Crippen LogP contribution in [0.5, 0.6) is 23.0 Å². The lowest BCUT2D eigenvalue weighted by molar-refractivity contribution is -0.109. The number of nitrogens with two attached hydrogens (primary N) is 4. The Morgan fingerprint density at radius 3 is 0.773 bits per heavy atom. The molecule has 16 heteroatoms. The van der Waals surface area contributed by atoms with Crippen LogP contribution in [0.25, 0.3) is 135 Å². The number of hydrogen-bond donors (Lipinski definition) is 6. The molecule has 13 rings (SSSR count). The van der Waals surface area contributed by atoms with Crippen LogP contribution >= 0.6 is 23.5 Å². The number of H-pyrrole nitrogens is 2. The Morgan fingerprint density at radius 1 is 0.327 bits per heavy atom. The molecule has 2 aliphatic rings. The van der Waals surface area contributed by atoms with Gasteiger partial charge in [-0.25, -0.2) is 9.97 Å². The van der Waals surface area contributed by atoms with E-state index >= 15 is 0 Å². The van der Waals surface area contributed by atoms with E-state index in [1.807, 2.05) is 114 Å². The van der Waals surface area contributed by atoms with Gasteiger partial charge in [0, 0.05) is 126 Å². The second kappa shape index (κ2) is 30.7. The van der Waals surface area contributed by atoms with Crippen molar-refractivity contribution in [2.24, 2.45) is 0 Å². The molecule has 0 amide bonds. The average Bonchev–Trinajstić information content (AvgIpc) is 1.58. The first-order chi connectivity index (χ1) is 52.1. The van der Waals surface area contributed by atoms with Gasteiger partial charge in [0.15, 0.2) is 10.2 Å². The first-order valence-electron chi connectivity index (χ1n) is 37.5. The van der Waals surface area contributed by atoms with Crippen molar-refractivity contribution >= 4 is 103 Å². The van der Waals surface area contributed by atoms with E-state index in [1.165, 1.54) is 23.5 Å². The van der Waals surface area contributed by atoms with Gasteiger partial charge in [-0.05, 0) is 297 Å². The number of carbonyl (C=O) groups excluding carboxylic acids is 2. The summed E-state index contributed by atoms with van der Waals surface area (Å²) in [4.78, 5) is 44.6. The summed E-state index contributed by atoms with van der Waals surface area (Å²) in [6, 6.07) is 57.9. The van der Waals surface area contributed by atoms with Gasteiger partial charge in [-0.1, -0.05) is 85.9 Å². The number of nitrogens with zero attached hydrogens (tertiary/aromatic N) is 2. The van der Waals surface area contributed by atoms with Gasteiger partial charge in [0.05, 0.1) is 22.8 Å². The lowest BCUT2D eigenvalue weighted by Gasteiger charge is -2.24. The van der Waals surface area contributed by atoms with E-state index in [2.05, 4.69) is 187 Å². The molecule has 0 unspecified atom stereocenters. The number of aryl methyl sites for hydroxylation is 2. The Balaban J connectivity index is 1.13. The number of ether oxygens (including phenoxy) is 4. The minimum atomic E-state index is -0.491. The smallest absolute Gasteiger partial charge is 0.186 e. The van der Waals surface area contributed by atoms with E-state index in [9.17, 15) is 9.59 Å². The summed E-state index contributed by atoms with van der Waals surface area (Å²) in [5.74, 6) is 3.93. The molecule has 0 atom stereocenters. The lowest BCUT2D eigenvalue weighted by Crippen LogP contribution is -2.23. The van der Waals surface area contributed by atoms with E-state index in [0.29, 0.717) is 102 Å². The number of nitrogen functional groups attached to an aromatic ring is 4. The number of aromatic amines is 2. The quantitative estimate of drug-likeness (QED) is 0.0439. The normalized spacial score (nSPS) is 12.4.